The monoisotopic (exact) mass is 321 g/mol. The number of imidazole rings is 1. The van der Waals surface area contributed by atoms with E-state index in [4.69, 9.17) is 4.74 Å². The lowest BCUT2D eigenvalue weighted by atomic mass is 10.2. The van der Waals surface area contributed by atoms with Gasteiger partial charge >= 0.3 is 11.8 Å². The van der Waals surface area contributed by atoms with Gasteiger partial charge in [0.1, 0.15) is 16.9 Å². The first-order chi connectivity index (χ1) is 10.7. The van der Waals surface area contributed by atoms with E-state index in [0.717, 1.165) is 0 Å². The minimum Gasteiger partial charge on any atom is -0.444 e. The molecule has 124 valence electrons. The fraction of sp³-hybridized carbons (Fsp3) is 0.429. The van der Waals surface area contributed by atoms with Gasteiger partial charge < -0.3 is 15.0 Å². The summed E-state index contributed by atoms with van der Waals surface area (Å²) < 4.78 is 6.33. The largest absolute Gasteiger partial charge is 0.444 e. The van der Waals surface area contributed by atoms with Crippen LogP contribution in [0.15, 0.2) is 15.7 Å². The van der Waals surface area contributed by atoms with Gasteiger partial charge in [-0.2, -0.15) is 0 Å². The Labute approximate surface area is 131 Å². The van der Waals surface area contributed by atoms with Crippen LogP contribution < -0.4 is 16.6 Å². The summed E-state index contributed by atoms with van der Waals surface area (Å²) in [5.41, 5.74) is -1.14. The van der Waals surface area contributed by atoms with Gasteiger partial charge in [0.25, 0.3) is 5.56 Å². The Balaban J connectivity index is 2.07. The van der Waals surface area contributed by atoms with E-state index in [9.17, 15) is 14.4 Å². The average molecular weight is 321 g/mol. The Morgan fingerprint density at radius 2 is 2.04 bits per heavy atom. The zero-order chi connectivity index (χ0) is 17.2. The number of amides is 1. The summed E-state index contributed by atoms with van der Waals surface area (Å²) in [6.07, 6.45) is 2.72. The first-order valence-corrected chi connectivity index (χ1v) is 7.00. The lowest BCUT2D eigenvalue weighted by Crippen LogP contribution is -2.32. The summed E-state index contributed by atoms with van der Waals surface area (Å²) in [4.78, 5) is 43.8. The Morgan fingerprint density at radius 3 is 2.70 bits per heavy atom. The first kappa shape index (κ1) is 16.5. The van der Waals surface area contributed by atoms with Gasteiger partial charge in [-0.15, -0.1) is 0 Å². The normalized spacial score (nSPS) is 12.0. The zero-order valence-electron chi connectivity index (χ0n) is 13.4. The van der Waals surface area contributed by atoms with Crippen molar-refractivity contribution in [2.24, 2.45) is 7.05 Å². The molecular weight excluding hydrogens is 302 g/mol. The lowest BCUT2D eigenvalue weighted by Gasteiger charge is -2.19. The molecule has 0 radical (unpaired) electrons. The number of alkyl carbamates (subject to hydrolysis) is 1. The van der Waals surface area contributed by atoms with Crippen molar-refractivity contribution in [3.8, 4) is 0 Å². The molecule has 0 saturated heterocycles. The maximum absolute atomic E-state index is 11.7. The highest BCUT2D eigenvalue weighted by molar-refractivity contribution is 5.72. The Bertz CT molecular complexity index is 866. The van der Waals surface area contributed by atoms with E-state index in [-0.39, 0.29) is 17.7 Å². The molecule has 2 rings (SSSR count). The van der Waals surface area contributed by atoms with Crippen LogP contribution in [0, 0.1) is 0 Å². The number of carbonyl (C=O) groups excluding carboxylic acids is 1. The molecule has 9 heteroatoms. The second kappa shape index (κ2) is 6.11. The van der Waals surface area contributed by atoms with Gasteiger partial charge in [-0.3, -0.25) is 14.3 Å². The molecule has 0 bridgehead atoms. The maximum Gasteiger partial charge on any atom is 0.407 e. The van der Waals surface area contributed by atoms with Crippen molar-refractivity contribution in [1.82, 2.24) is 24.8 Å². The van der Waals surface area contributed by atoms with Gasteiger partial charge in [0.05, 0.1) is 0 Å². The molecule has 2 aromatic rings. The fourth-order valence-corrected chi connectivity index (χ4v) is 1.83. The topological polar surface area (TPSA) is 122 Å². The Hall–Kier alpha value is -2.84. The molecule has 3 N–H and O–H groups in total. The quantitative estimate of drug-likeness (QED) is 0.759. The third kappa shape index (κ3) is 4.09. The molecule has 2 heterocycles. The van der Waals surface area contributed by atoms with Crippen LogP contribution in [0.3, 0.4) is 0 Å². The van der Waals surface area contributed by atoms with E-state index >= 15 is 0 Å². The van der Waals surface area contributed by atoms with Crippen LogP contribution in [0.4, 0.5) is 4.79 Å². The number of hydrogen-bond acceptors (Lipinski definition) is 5. The molecule has 23 heavy (non-hydrogen) atoms. The van der Waals surface area contributed by atoms with Crippen molar-refractivity contribution in [1.29, 1.82) is 0 Å². The van der Waals surface area contributed by atoms with Gasteiger partial charge in [0.15, 0.2) is 5.65 Å². The van der Waals surface area contributed by atoms with Crippen LogP contribution in [0.2, 0.25) is 0 Å². The molecule has 9 nitrogen and oxygen atoms in total. The molecule has 0 aliphatic rings. The molecule has 0 spiro atoms. The molecular formula is C14H19N5O4. The summed E-state index contributed by atoms with van der Waals surface area (Å²) in [6, 6.07) is 0. The van der Waals surface area contributed by atoms with Gasteiger partial charge in [-0.25, -0.2) is 14.6 Å². The van der Waals surface area contributed by atoms with Crippen molar-refractivity contribution >= 4 is 23.3 Å². The van der Waals surface area contributed by atoms with Crippen LogP contribution in [-0.2, 0) is 11.8 Å². The highest BCUT2D eigenvalue weighted by Gasteiger charge is 2.15. The number of aryl methyl sites for hydroxylation is 1. The number of nitrogens with zero attached hydrogens (tertiary/aromatic N) is 2. The third-order valence-electron chi connectivity index (χ3n) is 2.81. The van der Waals surface area contributed by atoms with E-state index in [1.807, 2.05) is 0 Å². The van der Waals surface area contributed by atoms with Crippen LogP contribution in [0.5, 0.6) is 0 Å². The van der Waals surface area contributed by atoms with Crippen molar-refractivity contribution in [3.05, 3.63) is 32.7 Å². The molecule has 1 amide bonds. The van der Waals surface area contributed by atoms with E-state index in [2.05, 4.69) is 20.3 Å². The number of fused-ring (bicyclic) bond motifs is 1. The smallest absolute Gasteiger partial charge is 0.407 e. The SMILES string of the molecule is Cn1c(=O)[nH]c(=O)c2[nH]c(C=CCNC(=O)OC(C)(C)C)nc21. The van der Waals surface area contributed by atoms with Crippen LogP contribution in [0.1, 0.15) is 26.6 Å². The number of rotatable bonds is 3. The van der Waals surface area contributed by atoms with Crippen molar-refractivity contribution < 1.29 is 9.53 Å². The molecule has 0 aromatic carbocycles. The van der Waals surface area contributed by atoms with Gasteiger partial charge in [-0.05, 0) is 26.8 Å². The standard InChI is InChI=1S/C14H19N5O4/c1-14(2,3)23-13(22)15-7-5-6-8-16-9-10(17-8)19(4)12(21)18-11(9)20/h5-6H,7H2,1-4H3,(H,15,22)(H,16,17)(H,18,20,21). The minimum atomic E-state index is -0.557. The average Bonchev–Trinajstić information content (AvgIpc) is 2.84. The van der Waals surface area contributed by atoms with E-state index in [1.165, 1.54) is 11.6 Å². The number of hydrogen-bond donors (Lipinski definition) is 3. The molecule has 0 unspecified atom stereocenters. The fourth-order valence-electron chi connectivity index (χ4n) is 1.83. The molecule has 0 saturated carbocycles. The Kier molecular flexibility index (Phi) is 4.39. The van der Waals surface area contributed by atoms with E-state index in [0.29, 0.717) is 5.82 Å². The predicted molar refractivity (Wildman–Crippen MR) is 85.2 cm³/mol. The third-order valence-corrected chi connectivity index (χ3v) is 2.81. The van der Waals surface area contributed by atoms with Crippen LogP contribution in [-0.4, -0.2) is 37.8 Å². The molecule has 2 aromatic heterocycles. The van der Waals surface area contributed by atoms with Crippen molar-refractivity contribution in [2.45, 2.75) is 26.4 Å². The lowest BCUT2D eigenvalue weighted by molar-refractivity contribution is 0.0534. The predicted octanol–water partition coefficient (Wildman–Crippen LogP) is 0.488. The second-order valence-corrected chi connectivity index (χ2v) is 5.92. The summed E-state index contributed by atoms with van der Waals surface area (Å²) in [5.74, 6) is 0.401. The number of nitrogens with one attached hydrogen (secondary N) is 3. The number of aromatic amines is 2. The highest BCUT2D eigenvalue weighted by Crippen LogP contribution is 2.07. The minimum absolute atomic E-state index is 0.215. The van der Waals surface area contributed by atoms with Gasteiger partial charge in [-0.1, -0.05) is 6.08 Å². The number of aromatic nitrogens is 4. The molecule has 0 atom stereocenters. The first-order valence-electron chi connectivity index (χ1n) is 7.00. The summed E-state index contributed by atoms with van der Waals surface area (Å²) in [6.45, 7) is 5.57. The maximum atomic E-state index is 11.7. The summed E-state index contributed by atoms with van der Waals surface area (Å²) in [7, 11) is 1.51. The second-order valence-electron chi connectivity index (χ2n) is 5.92. The highest BCUT2D eigenvalue weighted by atomic mass is 16.6. The number of ether oxygens (including phenoxy) is 1. The Morgan fingerprint density at radius 1 is 1.35 bits per heavy atom. The van der Waals surface area contributed by atoms with Crippen molar-refractivity contribution in [2.75, 3.05) is 6.54 Å². The van der Waals surface area contributed by atoms with Crippen LogP contribution in [0.25, 0.3) is 17.2 Å². The molecule has 0 aliphatic carbocycles. The summed E-state index contributed by atoms with van der Waals surface area (Å²) >= 11 is 0. The summed E-state index contributed by atoms with van der Waals surface area (Å²) in [5, 5.41) is 2.56. The van der Waals surface area contributed by atoms with Gasteiger partial charge in [0, 0.05) is 13.6 Å². The number of H-pyrrole nitrogens is 2. The van der Waals surface area contributed by atoms with Gasteiger partial charge in [0.2, 0.25) is 0 Å². The zero-order valence-corrected chi connectivity index (χ0v) is 13.4. The van der Waals surface area contributed by atoms with E-state index in [1.54, 1.807) is 32.9 Å². The van der Waals surface area contributed by atoms with Crippen molar-refractivity contribution in [3.63, 3.8) is 0 Å². The number of carbonyl (C=O) groups is 1. The van der Waals surface area contributed by atoms with Crippen LogP contribution >= 0.6 is 0 Å². The van der Waals surface area contributed by atoms with E-state index < -0.39 is 22.9 Å². The molecule has 0 fully saturated rings. The molecule has 0 aliphatic heterocycles.